The highest BCUT2D eigenvalue weighted by molar-refractivity contribution is 6.31. The molecule has 0 aliphatic carbocycles. The standard InChI is InChI=1S/C17H16ClNO3/c18-14-9-15(19-4-6-21-7-5-19)11-17(10-14)22-16-3-1-2-13(8-16)12-20/h1-3,8-12H,4-7H2. The third kappa shape index (κ3) is 3.59. The van der Waals surface area contributed by atoms with Crippen LogP contribution in [0.4, 0.5) is 5.69 Å². The second-order valence-corrected chi connectivity index (χ2v) is 5.47. The van der Waals surface area contributed by atoms with Crippen LogP contribution in [0, 0.1) is 0 Å². The fourth-order valence-electron chi connectivity index (χ4n) is 2.40. The van der Waals surface area contributed by atoms with Crippen LogP contribution in [-0.4, -0.2) is 32.6 Å². The molecular formula is C17H16ClNO3. The highest BCUT2D eigenvalue weighted by Crippen LogP contribution is 2.30. The molecule has 0 spiro atoms. The Morgan fingerprint density at radius 3 is 2.68 bits per heavy atom. The number of carbonyl (C=O) groups excluding carboxylic acids is 1. The smallest absolute Gasteiger partial charge is 0.150 e. The number of carbonyl (C=O) groups is 1. The quantitative estimate of drug-likeness (QED) is 0.804. The van der Waals surface area contributed by atoms with Crippen LogP contribution in [0.25, 0.3) is 0 Å². The van der Waals surface area contributed by atoms with Gasteiger partial charge in [0.25, 0.3) is 0 Å². The summed E-state index contributed by atoms with van der Waals surface area (Å²) in [6, 6.07) is 12.7. The molecule has 2 aromatic carbocycles. The van der Waals surface area contributed by atoms with E-state index in [4.69, 9.17) is 21.1 Å². The average molecular weight is 318 g/mol. The van der Waals surface area contributed by atoms with E-state index in [1.54, 1.807) is 24.3 Å². The van der Waals surface area contributed by atoms with E-state index in [-0.39, 0.29) is 0 Å². The molecule has 2 aromatic rings. The number of aldehydes is 1. The van der Waals surface area contributed by atoms with Gasteiger partial charge in [-0.2, -0.15) is 0 Å². The molecule has 0 atom stereocenters. The van der Waals surface area contributed by atoms with Gasteiger partial charge in [-0.05, 0) is 24.3 Å². The molecule has 1 heterocycles. The van der Waals surface area contributed by atoms with Crippen LogP contribution < -0.4 is 9.64 Å². The number of rotatable bonds is 4. The number of halogens is 1. The lowest BCUT2D eigenvalue weighted by molar-refractivity contribution is 0.112. The minimum absolute atomic E-state index is 0.577. The summed E-state index contributed by atoms with van der Waals surface area (Å²) in [6.45, 7) is 3.09. The maximum atomic E-state index is 10.8. The molecule has 0 radical (unpaired) electrons. The number of hydrogen-bond donors (Lipinski definition) is 0. The highest BCUT2D eigenvalue weighted by atomic mass is 35.5. The molecule has 0 N–H and O–H groups in total. The lowest BCUT2D eigenvalue weighted by Crippen LogP contribution is -2.36. The lowest BCUT2D eigenvalue weighted by atomic mass is 10.2. The first-order valence-corrected chi connectivity index (χ1v) is 7.49. The summed E-state index contributed by atoms with van der Waals surface area (Å²) in [5.41, 5.74) is 1.59. The van der Waals surface area contributed by atoms with Crippen LogP contribution in [0.5, 0.6) is 11.5 Å². The Labute approximate surface area is 134 Å². The Balaban J connectivity index is 1.83. The van der Waals surface area contributed by atoms with Crippen molar-refractivity contribution < 1.29 is 14.3 Å². The Morgan fingerprint density at radius 2 is 1.91 bits per heavy atom. The molecule has 22 heavy (non-hydrogen) atoms. The normalized spacial score (nSPS) is 14.7. The van der Waals surface area contributed by atoms with Gasteiger partial charge in [0.05, 0.1) is 13.2 Å². The van der Waals surface area contributed by atoms with Crippen LogP contribution in [0.1, 0.15) is 10.4 Å². The number of benzene rings is 2. The van der Waals surface area contributed by atoms with Gasteiger partial charge < -0.3 is 14.4 Å². The van der Waals surface area contributed by atoms with Crippen LogP contribution >= 0.6 is 11.6 Å². The van der Waals surface area contributed by atoms with E-state index in [1.807, 2.05) is 18.2 Å². The van der Waals surface area contributed by atoms with E-state index in [0.717, 1.165) is 25.1 Å². The SMILES string of the molecule is O=Cc1cccc(Oc2cc(Cl)cc(N3CCOCC3)c2)c1. The molecule has 1 aliphatic heterocycles. The summed E-state index contributed by atoms with van der Waals surface area (Å²) in [7, 11) is 0. The minimum Gasteiger partial charge on any atom is -0.457 e. The Hall–Kier alpha value is -2.04. The third-order valence-electron chi connectivity index (χ3n) is 3.46. The summed E-state index contributed by atoms with van der Waals surface area (Å²) in [5, 5.41) is 0.616. The Bertz CT molecular complexity index is 669. The fourth-order valence-corrected chi connectivity index (χ4v) is 2.62. The van der Waals surface area contributed by atoms with E-state index in [0.29, 0.717) is 35.3 Å². The van der Waals surface area contributed by atoms with Gasteiger partial charge in [0.1, 0.15) is 17.8 Å². The van der Waals surface area contributed by atoms with Crippen LogP contribution in [-0.2, 0) is 4.74 Å². The average Bonchev–Trinajstić information content (AvgIpc) is 2.55. The molecule has 5 heteroatoms. The lowest BCUT2D eigenvalue weighted by Gasteiger charge is -2.29. The first-order chi connectivity index (χ1) is 10.7. The zero-order valence-corrected chi connectivity index (χ0v) is 12.8. The van der Waals surface area contributed by atoms with Gasteiger partial charge in [-0.3, -0.25) is 4.79 Å². The van der Waals surface area contributed by atoms with Crippen molar-refractivity contribution in [2.24, 2.45) is 0 Å². The van der Waals surface area contributed by atoms with Crippen molar-refractivity contribution in [1.29, 1.82) is 0 Å². The van der Waals surface area contributed by atoms with Crippen LogP contribution in [0.15, 0.2) is 42.5 Å². The van der Waals surface area contributed by atoms with Gasteiger partial charge in [-0.1, -0.05) is 23.7 Å². The second kappa shape index (κ2) is 6.81. The third-order valence-corrected chi connectivity index (χ3v) is 3.68. The first kappa shape index (κ1) is 14.9. The summed E-state index contributed by atoms with van der Waals surface area (Å²) in [6.07, 6.45) is 0.796. The van der Waals surface area contributed by atoms with Gasteiger partial charge in [-0.15, -0.1) is 0 Å². The van der Waals surface area contributed by atoms with Crippen molar-refractivity contribution >= 4 is 23.6 Å². The van der Waals surface area contributed by atoms with Crippen molar-refractivity contribution in [1.82, 2.24) is 0 Å². The molecule has 0 bridgehead atoms. The number of ether oxygens (including phenoxy) is 2. The zero-order chi connectivity index (χ0) is 15.4. The maximum absolute atomic E-state index is 10.8. The van der Waals surface area contributed by atoms with E-state index < -0.39 is 0 Å². The predicted molar refractivity (Wildman–Crippen MR) is 86.4 cm³/mol. The summed E-state index contributed by atoms with van der Waals surface area (Å²) < 4.78 is 11.2. The monoisotopic (exact) mass is 317 g/mol. The summed E-state index contributed by atoms with van der Waals surface area (Å²) in [5.74, 6) is 1.26. The van der Waals surface area contributed by atoms with Crippen molar-refractivity contribution in [3.8, 4) is 11.5 Å². The molecule has 0 unspecified atom stereocenters. The van der Waals surface area contributed by atoms with Crippen LogP contribution in [0.2, 0.25) is 5.02 Å². The van der Waals surface area contributed by atoms with E-state index >= 15 is 0 Å². The first-order valence-electron chi connectivity index (χ1n) is 7.11. The molecule has 0 aromatic heterocycles. The molecule has 0 amide bonds. The van der Waals surface area contributed by atoms with Gasteiger partial charge in [0.2, 0.25) is 0 Å². The fraction of sp³-hybridized carbons (Fsp3) is 0.235. The van der Waals surface area contributed by atoms with E-state index in [1.165, 1.54) is 0 Å². The number of anilines is 1. The van der Waals surface area contributed by atoms with Gasteiger partial charge in [-0.25, -0.2) is 0 Å². The van der Waals surface area contributed by atoms with E-state index in [2.05, 4.69) is 4.90 Å². The molecular weight excluding hydrogens is 302 g/mol. The second-order valence-electron chi connectivity index (χ2n) is 5.04. The Morgan fingerprint density at radius 1 is 1.09 bits per heavy atom. The van der Waals surface area contributed by atoms with Crippen molar-refractivity contribution in [2.45, 2.75) is 0 Å². The highest BCUT2D eigenvalue weighted by Gasteiger charge is 2.13. The maximum Gasteiger partial charge on any atom is 0.150 e. The predicted octanol–water partition coefficient (Wildman–Crippen LogP) is 3.78. The number of morpholine rings is 1. The van der Waals surface area contributed by atoms with Crippen molar-refractivity contribution in [2.75, 3.05) is 31.2 Å². The van der Waals surface area contributed by atoms with Crippen LogP contribution in [0.3, 0.4) is 0 Å². The van der Waals surface area contributed by atoms with Gasteiger partial charge >= 0.3 is 0 Å². The molecule has 1 saturated heterocycles. The summed E-state index contributed by atoms with van der Waals surface area (Å²) in [4.78, 5) is 13.0. The zero-order valence-electron chi connectivity index (χ0n) is 12.0. The molecule has 1 aliphatic rings. The topological polar surface area (TPSA) is 38.8 Å². The van der Waals surface area contributed by atoms with Gasteiger partial charge in [0, 0.05) is 35.4 Å². The minimum atomic E-state index is 0.577. The van der Waals surface area contributed by atoms with Gasteiger partial charge in [0.15, 0.2) is 0 Å². The van der Waals surface area contributed by atoms with E-state index in [9.17, 15) is 4.79 Å². The summed E-state index contributed by atoms with van der Waals surface area (Å²) >= 11 is 6.20. The molecule has 114 valence electrons. The Kier molecular flexibility index (Phi) is 4.61. The number of nitrogens with zero attached hydrogens (tertiary/aromatic N) is 1. The molecule has 0 saturated carbocycles. The molecule has 4 nitrogen and oxygen atoms in total. The molecule has 3 rings (SSSR count). The number of hydrogen-bond acceptors (Lipinski definition) is 4. The van der Waals surface area contributed by atoms with Crippen molar-refractivity contribution in [3.63, 3.8) is 0 Å². The molecule has 1 fully saturated rings. The van der Waals surface area contributed by atoms with Crippen molar-refractivity contribution in [3.05, 3.63) is 53.1 Å². The largest absolute Gasteiger partial charge is 0.457 e.